The van der Waals surface area contributed by atoms with Gasteiger partial charge in [0, 0.05) is 11.1 Å². The lowest BCUT2D eigenvalue weighted by atomic mass is 10.1. The van der Waals surface area contributed by atoms with Crippen LogP contribution in [0.2, 0.25) is 0 Å². The maximum absolute atomic E-state index is 13.2. The summed E-state index contributed by atoms with van der Waals surface area (Å²) in [5.74, 6) is -0.154. The summed E-state index contributed by atoms with van der Waals surface area (Å²) in [5, 5.41) is 0. The second-order valence-electron chi connectivity index (χ2n) is 10.9. The highest BCUT2D eigenvalue weighted by atomic mass is 16.6. The summed E-state index contributed by atoms with van der Waals surface area (Å²) in [6.07, 6.45) is 0. The van der Waals surface area contributed by atoms with E-state index in [1.165, 1.54) is 0 Å². The smallest absolute Gasteiger partial charge is 0.254 e. The molecule has 8 heteroatoms. The molecule has 0 radical (unpaired) electrons. The Hall–Kier alpha value is -2.00. The largest absolute Gasteiger partial charge is 0.368 e. The van der Waals surface area contributed by atoms with Crippen LogP contribution in [0.5, 0.6) is 0 Å². The van der Waals surface area contributed by atoms with Crippen molar-refractivity contribution in [3.63, 3.8) is 0 Å². The van der Waals surface area contributed by atoms with Gasteiger partial charge in [0.25, 0.3) is 11.8 Å². The molecule has 1 aromatic carbocycles. The zero-order valence-corrected chi connectivity index (χ0v) is 19.3. The number of amides is 2. The lowest BCUT2D eigenvalue weighted by Gasteiger charge is -2.27. The van der Waals surface area contributed by atoms with Gasteiger partial charge in [-0.1, -0.05) is 0 Å². The molecule has 0 saturated carbocycles. The standard InChI is InChI=1S/C24H32N2O6/c1-21(13-29-21)9-25(10-22(2)14-30-22)19(27)17-5-7-18(8-6-17)20(28)26(11-23(3)15-31-23)12-24(4)16-32-24/h5-8H,9-16H2,1-4H3. The van der Waals surface area contributed by atoms with Crippen LogP contribution in [-0.2, 0) is 18.9 Å². The average molecular weight is 445 g/mol. The molecule has 174 valence electrons. The predicted octanol–water partition coefficient (Wildman–Crippen LogP) is 1.73. The highest BCUT2D eigenvalue weighted by molar-refractivity contribution is 5.98. The van der Waals surface area contributed by atoms with Crippen LogP contribution in [0.3, 0.4) is 0 Å². The fraction of sp³-hybridized carbons (Fsp3) is 0.667. The Bertz CT molecular complexity index is 798. The molecule has 0 N–H and O–H groups in total. The first-order valence-corrected chi connectivity index (χ1v) is 11.2. The second-order valence-corrected chi connectivity index (χ2v) is 10.9. The van der Waals surface area contributed by atoms with Crippen molar-refractivity contribution in [3.8, 4) is 0 Å². The molecule has 32 heavy (non-hydrogen) atoms. The molecule has 4 saturated heterocycles. The first kappa shape index (κ1) is 21.8. The summed E-state index contributed by atoms with van der Waals surface area (Å²) >= 11 is 0. The van der Waals surface area contributed by atoms with E-state index < -0.39 is 0 Å². The van der Waals surface area contributed by atoms with Crippen LogP contribution >= 0.6 is 0 Å². The summed E-state index contributed by atoms with van der Waals surface area (Å²) < 4.78 is 22.0. The zero-order chi connectivity index (χ0) is 22.8. The molecule has 0 aliphatic carbocycles. The highest BCUT2D eigenvalue weighted by Gasteiger charge is 2.48. The van der Waals surface area contributed by atoms with E-state index in [9.17, 15) is 9.59 Å². The van der Waals surface area contributed by atoms with Gasteiger partial charge >= 0.3 is 0 Å². The number of carbonyl (C=O) groups is 2. The number of benzene rings is 1. The monoisotopic (exact) mass is 444 g/mol. The van der Waals surface area contributed by atoms with Gasteiger partial charge in [-0.2, -0.15) is 0 Å². The van der Waals surface area contributed by atoms with Crippen LogP contribution in [0.25, 0.3) is 0 Å². The average Bonchev–Trinajstić information content (AvgIpc) is 3.58. The molecule has 4 aliphatic rings. The molecule has 4 heterocycles. The summed E-state index contributed by atoms with van der Waals surface area (Å²) in [6, 6.07) is 6.93. The van der Waals surface area contributed by atoms with E-state index in [4.69, 9.17) is 18.9 Å². The molecule has 1 aromatic rings. The Labute approximate surface area is 188 Å². The number of carbonyl (C=O) groups excluding carboxylic acids is 2. The minimum Gasteiger partial charge on any atom is -0.368 e. The fourth-order valence-corrected chi connectivity index (χ4v) is 3.99. The van der Waals surface area contributed by atoms with E-state index in [1.807, 2.05) is 27.7 Å². The van der Waals surface area contributed by atoms with Gasteiger partial charge in [0.15, 0.2) is 0 Å². The molecule has 0 spiro atoms. The van der Waals surface area contributed by atoms with Gasteiger partial charge in [-0.3, -0.25) is 9.59 Å². The third-order valence-corrected chi connectivity index (χ3v) is 6.60. The maximum Gasteiger partial charge on any atom is 0.254 e. The molecule has 0 aromatic heterocycles. The summed E-state index contributed by atoms with van der Waals surface area (Å²) in [6.45, 7) is 12.8. The molecule has 0 bridgehead atoms. The third kappa shape index (κ3) is 4.98. The third-order valence-electron chi connectivity index (χ3n) is 6.60. The molecule has 2 amide bonds. The normalized spacial score (nSPS) is 36.4. The van der Waals surface area contributed by atoms with Gasteiger partial charge in [-0.15, -0.1) is 0 Å². The Morgan fingerprint density at radius 3 is 1.03 bits per heavy atom. The lowest BCUT2D eigenvalue weighted by molar-refractivity contribution is 0.0656. The molecule has 4 aliphatic heterocycles. The van der Waals surface area contributed by atoms with Crippen molar-refractivity contribution in [3.05, 3.63) is 35.4 Å². The van der Waals surface area contributed by atoms with Crippen molar-refractivity contribution in [2.45, 2.75) is 50.1 Å². The molecule has 4 unspecified atom stereocenters. The van der Waals surface area contributed by atoms with E-state index in [1.54, 1.807) is 34.1 Å². The van der Waals surface area contributed by atoms with Crippen LogP contribution < -0.4 is 0 Å². The maximum atomic E-state index is 13.2. The first-order valence-electron chi connectivity index (χ1n) is 11.2. The van der Waals surface area contributed by atoms with Crippen molar-refractivity contribution in [1.29, 1.82) is 0 Å². The molecular formula is C24H32N2O6. The number of hydrogen-bond acceptors (Lipinski definition) is 6. The predicted molar refractivity (Wildman–Crippen MR) is 116 cm³/mol. The first-order chi connectivity index (χ1) is 15.0. The molecule has 5 rings (SSSR count). The summed E-state index contributed by atoms with van der Waals surface area (Å²) in [5.41, 5.74) is -0.00912. The molecule has 8 nitrogen and oxygen atoms in total. The van der Waals surface area contributed by atoms with Crippen molar-refractivity contribution in [2.24, 2.45) is 0 Å². The van der Waals surface area contributed by atoms with Gasteiger partial charge in [0.2, 0.25) is 0 Å². The quantitative estimate of drug-likeness (QED) is 0.511. The van der Waals surface area contributed by atoms with Gasteiger partial charge < -0.3 is 28.7 Å². The fourth-order valence-electron chi connectivity index (χ4n) is 3.99. The van der Waals surface area contributed by atoms with E-state index in [0.717, 1.165) is 0 Å². The molecule has 4 atom stereocenters. The van der Waals surface area contributed by atoms with Crippen LogP contribution in [0.1, 0.15) is 48.4 Å². The second kappa shape index (κ2) is 7.25. The minimum absolute atomic E-state index is 0.0768. The van der Waals surface area contributed by atoms with Crippen LogP contribution in [0, 0.1) is 0 Å². The van der Waals surface area contributed by atoms with E-state index in [0.29, 0.717) is 63.7 Å². The lowest BCUT2D eigenvalue weighted by Crippen LogP contribution is -2.43. The zero-order valence-electron chi connectivity index (χ0n) is 19.3. The Morgan fingerprint density at radius 1 is 0.625 bits per heavy atom. The number of epoxide rings is 4. The number of ether oxygens (including phenoxy) is 4. The summed E-state index contributed by atoms with van der Waals surface area (Å²) in [4.78, 5) is 30.1. The summed E-state index contributed by atoms with van der Waals surface area (Å²) in [7, 11) is 0. The van der Waals surface area contributed by atoms with E-state index >= 15 is 0 Å². The van der Waals surface area contributed by atoms with Crippen molar-refractivity contribution >= 4 is 11.8 Å². The van der Waals surface area contributed by atoms with Gasteiger partial charge in [0.1, 0.15) is 22.4 Å². The Balaban J connectivity index is 1.29. The minimum atomic E-state index is -0.278. The number of nitrogens with zero attached hydrogens (tertiary/aromatic N) is 2. The van der Waals surface area contributed by atoms with Crippen LogP contribution in [-0.4, -0.2) is 96.6 Å². The van der Waals surface area contributed by atoms with Crippen molar-refractivity contribution in [1.82, 2.24) is 9.80 Å². The Morgan fingerprint density at radius 2 is 0.844 bits per heavy atom. The highest BCUT2D eigenvalue weighted by Crippen LogP contribution is 2.33. The van der Waals surface area contributed by atoms with Crippen LogP contribution in [0.4, 0.5) is 0 Å². The van der Waals surface area contributed by atoms with Gasteiger partial charge in [-0.25, -0.2) is 0 Å². The van der Waals surface area contributed by atoms with E-state index in [-0.39, 0.29) is 34.2 Å². The SMILES string of the molecule is CC1(CN(CC2(C)CO2)C(=O)c2ccc(C(=O)N(CC3(C)CO3)CC3(C)CO3)cc2)CO1. The molecule has 4 fully saturated rings. The topological polar surface area (TPSA) is 90.7 Å². The Kier molecular flexibility index (Phi) is 4.94. The number of hydrogen-bond donors (Lipinski definition) is 0. The van der Waals surface area contributed by atoms with E-state index in [2.05, 4.69) is 0 Å². The van der Waals surface area contributed by atoms with Crippen LogP contribution in [0.15, 0.2) is 24.3 Å². The number of rotatable bonds is 10. The van der Waals surface area contributed by atoms with Gasteiger partial charge in [-0.05, 0) is 52.0 Å². The van der Waals surface area contributed by atoms with Gasteiger partial charge in [0.05, 0.1) is 52.6 Å². The molecular weight excluding hydrogens is 412 g/mol. The van der Waals surface area contributed by atoms with Crippen molar-refractivity contribution < 1.29 is 28.5 Å². The van der Waals surface area contributed by atoms with Crippen molar-refractivity contribution in [2.75, 3.05) is 52.6 Å².